The molecule has 12 heteroatoms. The van der Waals surface area contributed by atoms with Gasteiger partial charge in [0, 0.05) is 71.2 Å². The van der Waals surface area contributed by atoms with E-state index < -0.39 is 5.82 Å². The topological polar surface area (TPSA) is 105 Å². The fourth-order valence-electron chi connectivity index (χ4n) is 9.68. The molecule has 3 aromatic carbocycles. The van der Waals surface area contributed by atoms with Gasteiger partial charge in [0.05, 0.1) is 51.6 Å². The summed E-state index contributed by atoms with van der Waals surface area (Å²) >= 11 is 13.2. The van der Waals surface area contributed by atoms with E-state index in [-0.39, 0.29) is 53.0 Å². The molecule has 55 heavy (non-hydrogen) atoms. The van der Waals surface area contributed by atoms with Gasteiger partial charge in [-0.2, -0.15) is 5.26 Å². The molecule has 2 bridgehead atoms. The number of amides is 1. The van der Waals surface area contributed by atoms with E-state index in [1.807, 2.05) is 42.1 Å². The summed E-state index contributed by atoms with van der Waals surface area (Å²) < 4.78 is 21.8. The predicted octanol–water partition coefficient (Wildman–Crippen LogP) is 8.71. The number of aryl methyl sites for hydroxylation is 2. The van der Waals surface area contributed by atoms with Crippen LogP contribution in [0.15, 0.2) is 66.9 Å². The number of nitriles is 1. The van der Waals surface area contributed by atoms with Crippen LogP contribution in [0.4, 0.5) is 4.39 Å². The molecular formula is C43H39Cl2FN8O. The third-order valence-electron chi connectivity index (χ3n) is 12.5. The van der Waals surface area contributed by atoms with E-state index in [4.69, 9.17) is 28.2 Å². The lowest BCUT2D eigenvalue weighted by atomic mass is 9.79. The Balaban J connectivity index is 1.17. The van der Waals surface area contributed by atoms with Crippen LogP contribution in [0, 0.1) is 35.9 Å². The number of likely N-dealkylation sites (tertiary alicyclic amines) is 1. The van der Waals surface area contributed by atoms with Gasteiger partial charge >= 0.3 is 0 Å². The monoisotopic (exact) mass is 772 g/mol. The van der Waals surface area contributed by atoms with Crippen LogP contribution in [0.2, 0.25) is 10.0 Å². The molecule has 3 aromatic heterocycles. The second kappa shape index (κ2) is 13.4. The molecule has 3 saturated heterocycles. The Hall–Kier alpha value is -4.82. The minimum absolute atomic E-state index is 0.0397. The van der Waals surface area contributed by atoms with Crippen molar-refractivity contribution in [2.45, 2.75) is 76.0 Å². The molecule has 2 saturated carbocycles. The van der Waals surface area contributed by atoms with Gasteiger partial charge in [-0.05, 0) is 74.3 Å². The van der Waals surface area contributed by atoms with Gasteiger partial charge in [0.1, 0.15) is 5.52 Å². The fraction of sp³-hybridized carbons (Fsp3) is 0.372. The average molecular weight is 774 g/mol. The van der Waals surface area contributed by atoms with E-state index in [2.05, 4.69) is 49.4 Å². The van der Waals surface area contributed by atoms with Crippen LogP contribution in [0.5, 0.6) is 0 Å². The smallest absolute Gasteiger partial charge is 0.226 e. The third kappa shape index (κ3) is 5.65. The molecule has 0 spiro atoms. The lowest BCUT2D eigenvalue weighted by Gasteiger charge is -2.39. The van der Waals surface area contributed by atoms with Crippen molar-refractivity contribution >= 4 is 50.9 Å². The van der Waals surface area contributed by atoms with Crippen molar-refractivity contribution in [1.82, 2.24) is 34.8 Å². The van der Waals surface area contributed by atoms with Gasteiger partial charge in [0.2, 0.25) is 5.91 Å². The molecule has 2 aliphatic carbocycles. The quantitative estimate of drug-likeness (QED) is 0.158. The van der Waals surface area contributed by atoms with Crippen LogP contribution in [0.3, 0.4) is 0 Å². The minimum Gasteiger partial charge on any atom is -0.337 e. The first-order valence-corrected chi connectivity index (χ1v) is 20.0. The Morgan fingerprint density at radius 2 is 1.91 bits per heavy atom. The summed E-state index contributed by atoms with van der Waals surface area (Å²) in [6.07, 6.45) is 6.65. The number of halogens is 3. The number of carbonyl (C=O) groups excluding carboxylic acids is 1. The van der Waals surface area contributed by atoms with Gasteiger partial charge in [0.25, 0.3) is 0 Å². The molecular weight excluding hydrogens is 734 g/mol. The molecule has 5 aliphatic rings. The molecule has 11 rings (SSSR count). The number of rotatable bonds is 9. The maximum Gasteiger partial charge on any atom is 0.226 e. The van der Waals surface area contributed by atoms with E-state index in [1.54, 1.807) is 18.2 Å². The Morgan fingerprint density at radius 1 is 1.07 bits per heavy atom. The molecule has 5 atom stereocenters. The number of pyridine rings is 1. The first kappa shape index (κ1) is 34.7. The molecule has 0 unspecified atom stereocenters. The largest absolute Gasteiger partial charge is 0.337 e. The first-order chi connectivity index (χ1) is 26.8. The van der Waals surface area contributed by atoms with E-state index in [0.29, 0.717) is 64.5 Å². The summed E-state index contributed by atoms with van der Waals surface area (Å²) in [5.41, 5.74) is 6.61. The van der Waals surface area contributed by atoms with Crippen molar-refractivity contribution < 1.29 is 9.18 Å². The van der Waals surface area contributed by atoms with Crippen molar-refractivity contribution in [3.8, 4) is 17.2 Å². The number of benzene rings is 3. The van der Waals surface area contributed by atoms with Gasteiger partial charge in [-0.3, -0.25) is 4.79 Å². The summed E-state index contributed by atoms with van der Waals surface area (Å²) in [5, 5.41) is 24.6. The Kier molecular flexibility index (Phi) is 8.47. The second-order valence-corrected chi connectivity index (χ2v) is 16.6. The van der Waals surface area contributed by atoms with Gasteiger partial charge < -0.3 is 14.8 Å². The van der Waals surface area contributed by atoms with E-state index in [1.165, 1.54) is 5.56 Å². The van der Waals surface area contributed by atoms with Gasteiger partial charge in [-0.1, -0.05) is 70.9 Å². The molecule has 1 amide bonds. The predicted molar refractivity (Wildman–Crippen MR) is 210 cm³/mol. The SMILES string of the molecule is Cc1nc2c(F)c(-c3cccc(Cl)c3Cl)c(CCC#N)cc2c2c1cc([C@H]1C[C@H](n3nncc3Cc3ccccc3)CN1C(=O)C1CC1)n2[C@H]1[C@H]2CN[C@@H]1C2. The van der Waals surface area contributed by atoms with Gasteiger partial charge in [-0.25, -0.2) is 14.1 Å². The third-order valence-corrected chi connectivity index (χ3v) is 13.3. The highest BCUT2D eigenvalue weighted by atomic mass is 35.5. The van der Waals surface area contributed by atoms with Crippen molar-refractivity contribution in [2.24, 2.45) is 11.8 Å². The molecule has 9 nitrogen and oxygen atoms in total. The summed E-state index contributed by atoms with van der Waals surface area (Å²) in [5.74, 6) is 0.161. The van der Waals surface area contributed by atoms with Crippen LogP contribution in [-0.4, -0.2) is 54.5 Å². The molecule has 0 radical (unpaired) electrons. The average Bonchev–Trinajstić information content (AvgIpc) is 3.65. The van der Waals surface area contributed by atoms with Gasteiger partial charge in [-0.15, -0.1) is 5.10 Å². The van der Waals surface area contributed by atoms with Gasteiger partial charge in [0.15, 0.2) is 5.82 Å². The van der Waals surface area contributed by atoms with Crippen molar-refractivity contribution in [3.05, 3.63) is 111 Å². The Morgan fingerprint density at radius 3 is 2.65 bits per heavy atom. The maximum absolute atomic E-state index is 17.3. The maximum atomic E-state index is 17.3. The lowest BCUT2D eigenvalue weighted by molar-refractivity contribution is -0.133. The number of nitrogens with zero attached hydrogens (tertiary/aromatic N) is 7. The number of carbonyl (C=O) groups is 1. The van der Waals surface area contributed by atoms with Crippen molar-refractivity contribution in [1.29, 1.82) is 5.26 Å². The number of hydrogen-bond acceptors (Lipinski definition) is 6. The Bertz CT molecular complexity index is 2540. The second-order valence-electron chi connectivity index (χ2n) is 15.8. The number of fused-ring (bicyclic) bond motifs is 4. The van der Waals surface area contributed by atoms with Crippen molar-refractivity contribution in [3.63, 3.8) is 0 Å². The fourth-order valence-corrected chi connectivity index (χ4v) is 10.1. The molecule has 5 fully saturated rings. The number of hydrogen-bond donors (Lipinski definition) is 1. The van der Waals surface area contributed by atoms with E-state index in [0.717, 1.165) is 48.1 Å². The van der Waals surface area contributed by atoms with Crippen LogP contribution >= 0.6 is 23.2 Å². The molecule has 1 N–H and O–H groups in total. The van der Waals surface area contributed by atoms with E-state index >= 15 is 4.39 Å². The summed E-state index contributed by atoms with van der Waals surface area (Å²) in [6.45, 7) is 3.39. The Labute approximate surface area is 328 Å². The normalized spacial score (nSPS) is 23.1. The number of aromatic nitrogens is 5. The lowest BCUT2D eigenvalue weighted by Crippen LogP contribution is -2.41. The summed E-state index contributed by atoms with van der Waals surface area (Å²) in [6, 6.07) is 22.1. The van der Waals surface area contributed by atoms with E-state index in [9.17, 15) is 10.1 Å². The standard InChI is InChI=1S/C43H39Cl2FN8O/c1-23-31-19-36(35-18-29(22-52(35)43(55)25-12-13-25)54-28(21-49-51-54)15-24-7-3-2-4-8-24)53(41-27-17-34(41)48-20-27)42(31)32-16-26(9-6-14-47)37(39(46)40(32)50-23)30-10-5-11-33(44)38(30)45/h2-5,7-8,10-11,16,19,21,25,27,29,34-35,41,48H,6,9,12-13,15,17-18,20,22H2,1H3/t27-,29+,34-,35-,41+/m1/s1. The zero-order chi connectivity index (χ0) is 37.5. The van der Waals surface area contributed by atoms with Crippen LogP contribution in [0.25, 0.3) is 32.9 Å². The van der Waals surface area contributed by atoms with Crippen LogP contribution in [0.1, 0.15) is 78.4 Å². The van der Waals surface area contributed by atoms with Crippen LogP contribution in [-0.2, 0) is 17.6 Å². The molecule has 3 aliphatic heterocycles. The summed E-state index contributed by atoms with van der Waals surface area (Å²) in [4.78, 5) is 21.3. The minimum atomic E-state index is -0.479. The first-order valence-electron chi connectivity index (χ1n) is 19.2. The zero-order valence-electron chi connectivity index (χ0n) is 30.4. The number of nitrogens with one attached hydrogen (secondary N) is 1. The highest BCUT2D eigenvalue weighted by molar-refractivity contribution is 6.43. The zero-order valence-corrected chi connectivity index (χ0v) is 31.9. The highest BCUT2D eigenvalue weighted by Gasteiger charge is 2.51. The molecule has 6 aromatic rings. The van der Waals surface area contributed by atoms with Crippen molar-refractivity contribution in [2.75, 3.05) is 13.1 Å². The molecule has 278 valence electrons. The van der Waals surface area contributed by atoms with Crippen LogP contribution < -0.4 is 5.32 Å². The highest BCUT2D eigenvalue weighted by Crippen LogP contribution is 2.52. The molecule has 6 heterocycles. The summed E-state index contributed by atoms with van der Waals surface area (Å²) in [7, 11) is 0.